The van der Waals surface area contributed by atoms with Crippen molar-refractivity contribution in [3.8, 4) is 11.5 Å². The van der Waals surface area contributed by atoms with E-state index >= 15 is 0 Å². The van der Waals surface area contributed by atoms with E-state index in [1.165, 1.54) is 43.5 Å². The van der Waals surface area contributed by atoms with Gasteiger partial charge in [0.15, 0.2) is 0 Å². The molecule has 4 nitrogen and oxygen atoms in total. The van der Waals surface area contributed by atoms with Gasteiger partial charge in [-0.1, -0.05) is 24.3 Å². The van der Waals surface area contributed by atoms with Crippen molar-refractivity contribution < 1.29 is 9.47 Å². The predicted molar refractivity (Wildman–Crippen MR) is 118 cm³/mol. The van der Waals surface area contributed by atoms with Gasteiger partial charge >= 0.3 is 0 Å². The summed E-state index contributed by atoms with van der Waals surface area (Å²) in [5.41, 5.74) is 5.66. The predicted octanol–water partition coefficient (Wildman–Crippen LogP) is 4.26. The van der Waals surface area contributed by atoms with Crippen LogP contribution in [0.5, 0.6) is 11.5 Å². The summed E-state index contributed by atoms with van der Waals surface area (Å²) < 4.78 is 11.5. The molecule has 0 saturated carbocycles. The molecule has 0 bridgehead atoms. The number of benzene rings is 2. The highest BCUT2D eigenvalue weighted by Crippen LogP contribution is 2.39. The van der Waals surface area contributed by atoms with Gasteiger partial charge in [-0.05, 0) is 55.3 Å². The SMILES string of the molecule is COc1cc2c(cc1N1CCN(CCC3CCCc4ccccc43)CC1)OCC2. The van der Waals surface area contributed by atoms with E-state index in [2.05, 4.69) is 46.2 Å². The van der Waals surface area contributed by atoms with Crippen molar-refractivity contribution in [2.24, 2.45) is 0 Å². The van der Waals surface area contributed by atoms with E-state index in [0.717, 1.165) is 56.6 Å². The third-order valence-electron chi connectivity index (χ3n) is 6.99. The first kappa shape index (κ1) is 18.8. The minimum Gasteiger partial charge on any atom is -0.495 e. The van der Waals surface area contributed by atoms with E-state index < -0.39 is 0 Å². The van der Waals surface area contributed by atoms with Crippen LogP contribution in [0.15, 0.2) is 36.4 Å². The number of anilines is 1. The zero-order chi connectivity index (χ0) is 19.6. The summed E-state index contributed by atoms with van der Waals surface area (Å²) in [4.78, 5) is 5.11. The molecule has 0 aromatic heterocycles. The summed E-state index contributed by atoms with van der Waals surface area (Å²) in [6.07, 6.45) is 6.23. The first-order valence-electron chi connectivity index (χ1n) is 11.2. The maximum Gasteiger partial charge on any atom is 0.142 e. The number of hydrogen-bond acceptors (Lipinski definition) is 4. The fraction of sp³-hybridized carbons (Fsp3) is 0.520. The summed E-state index contributed by atoms with van der Waals surface area (Å²) in [5.74, 6) is 2.77. The van der Waals surface area contributed by atoms with E-state index in [-0.39, 0.29) is 0 Å². The number of hydrogen-bond donors (Lipinski definition) is 0. The van der Waals surface area contributed by atoms with Gasteiger partial charge < -0.3 is 14.4 Å². The minimum absolute atomic E-state index is 0.743. The van der Waals surface area contributed by atoms with Crippen LogP contribution in [0.4, 0.5) is 5.69 Å². The molecule has 1 saturated heterocycles. The molecule has 1 atom stereocenters. The molecular weight excluding hydrogens is 360 g/mol. The van der Waals surface area contributed by atoms with E-state index in [1.807, 2.05) is 0 Å². The molecule has 1 fully saturated rings. The number of piperazine rings is 1. The fourth-order valence-corrected chi connectivity index (χ4v) is 5.31. The number of aryl methyl sites for hydroxylation is 1. The van der Waals surface area contributed by atoms with Crippen LogP contribution < -0.4 is 14.4 Å². The highest BCUT2D eigenvalue weighted by atomic mass is 16.5. The fourth-order valence-electron chi connectivity index (χ4n) is 5.31. The Kier molecular flexibility index (Phi) is 5.36. The minimum atomic E-state index is 0.743. The van der Waals surface area contributed by atoms with E-state index in [0.29, 0.717) is 0 Å². The number of methoxy groups -OCH3 is 1. The third-order valence-corrected chi connectivity index (χ3v) is 6.99. The zero-order valence-corrected chi connectivity index (χ0v) is 17.5. The Bertz CT molecular complexity index is 858. The molecule has 2 aliphatic heterocycles. The van der Waals surface area contributed by atoms with Crippen molar-refractivity contribution >= 4 is 5.69 Å². The van der Waals surface area contributed by atoms with Crippen LogP contribution in [0, 0.1) is 0 Å². The summed E-state index contributed by atoms with van der Waals surface area (Å²) in [5, 5.41) is 0. The molecule has 2 heterocycles. The van der Waals surface area contributed by atoms with Crippen LogP contribution in [0.1, 0.15) is 41.9 Å². The lowest BCUT2D eigenvalue weighted by atomic mass is 9.81. The Morgan fingerprint density at radius 1 is 1.03 bits per heavy atom. The van der Waals surface area contributed by atoms with Crippen LogP contribution >= 0.6 is 0 Å². The molecule has 0 spiro atoms. The second-order valence-electron chi connectivity index (χ2n) is 8.64. The topological polar surface area (TPSA) is 24.9 Å². The molecule has 29 heavy (non-hydrogen) atoms. The lowest BCUT2D eigenvalue weighted by Crippen LogP contribution is -2.47. The van der Waals surface area contributed by atoms with Gasteiger partial charge in [-0.3, -0.25) is 4.90 Å². The maximum absolute atomic E-state index is 5.79. The van der Waals surface area contributed by atoms with Crippen LogP contribution in [0.3, 0.4) is 0 Å². The smallest absolute Gasteiger partial charge is 0.142 e. The van der Waals surface area contributed by atoms with Crippen molar-refractivity contribution in [3.05, 3.63) is 53.1 Å². The van der Waals surface area contributed by atoms with Crippen LogP contribution in [-0.4, -0.2) is 51.3 Å². The van der Waals surface area contributed by atoms with Gasteiger partial charge in [-0.15, -0.1) is 0 Å². The van der Waals surface area contributed by atoms with E-state index in [1.54, 1.807) is 18.2 Å². The monoisotopic (exact) mass is 392 g/mol. The summed E-state index contributed by atoms with van der Waals surface area (Å²) in [6, 6.07) is 13.5. The molecule has 4 heteroatoms. The first-order valence-corrected chi connectivity index (χ1v) is 11.2. The molecule has 0 amide bonds. The average molecular weight is 393 g/mol. The van der Waals surface area contributed by atoms with Gasteiger partial charge in [0.25, 0.3) is 0 Å². The Hall–Kier alpha value is -2.20. The molecule has 2 aromatic carbocycles. The highest BCUT2D eigenvalue weighted by Gasteiger charge is 2.25. The Labute approximate surface area is 174 Å². The second-order valence-corrected chi connectivity index (χ2v) is 8.64. The normalized spacial score (nSPS) is 21.4. The van der Waals surface area contributed by atoms with Crippen molar-refractivity contribution in [2.45, 2.75) is 38.0 Å². The summed E-state index contributed by atoms with van der Waals surface area (Å²) in [7, 11) is 1.78. The molecular formula is C25H32N2O2. The standard InChI is InChI=1S/C25H32N2O2/c1-28-25-17-21-10-16-29-24(21)18-23(25)27-14-12-26(13-15-27)11-9-20-7-4-6-19-5-2-3-8-22(19)20/h2-3,5,8,17-18,20H,4,6-7,9-16H2,1H3. The van der Waals surface area contributed by atoms with Gasteiger partial charge in [-0.2, -0.15) is 0 Å². The number of ether oxygens (including phenoxy) is 2. The molecule has 3 aliphatic rings. The van der Waals surface area contributed by atoms with Crippen LogP contribution in [0.25, 0.3) is 0 Å². The van der Waals surface area contributed by atoms with Gasteiger partial charge in [-0.25, -0.2) is 0 Å². The molecule has 1 unspecified atom stereocenters. The number of rotatable bonds is 5. The van der Waals surface area contributed by atoms with Crippen molar-refractivity contribution in [2.75, 3.05) is 51.3 Å². The molecule has 2 aromatic rings. The van der Waals surface area contributed by atoms with Gasteiger partial charge in [0, 0.05) is 44.2 Å². The summed E-state index contributed by atoms with van der Waals surface area (Å²) >= 11 is 0. The van der Waals surface area contributed by atoms with Crippen molar-refractivity contribution in [1.29, 1.82) is 0 Å². The van der Waals surface area contributed by atoms with Crippen molar-refractivity contribution in [3.63, 3.8) is 0 Å². The second kappa shape index (κ2) is 8.27. The Morgan fingerprint density at radius 2 is 1.90 bits per heavy atom. The van der Waals surface area contributed by atoms with Crippen molar-refractivity contribution in [1.82, 2.24) is 4.90 Å². The van der Waals surface area contributed by atoms with E-state index in [9.17, 15) is 0 Å². The highest BCUT2D eigenvalue weighted by molar-refractivity contribution is 5.65. The lowest BCUT2D eigenvalue weighted by Gasteiger charge is -2.37. The number of nitrogens with zero attached hydrogens (tertiary/aromatic N) is 2. The largest absolute Gasteiger partial charge is 0.495 e. The maximum atomic E-state index is 5.79. The molecule has 0 N–H and O–H groups in total. The van der Waals surface area contributed by atoms with Crippen LogP contribution in [-0.2, 0) is 12.8 Å². The molecule has 154 valence electrons. The molecule has 1 aliphatic carbocycles. The Morgan fingerprint density at radius 3 is 2.76 bits per heavy atom. The quantitative estimate of drug-likeness (QED) is 0.759. The zero-order valence-electron chi connectivity index (χ0n) is 17.5. The first-order chi connectivity index (χ1) is 14.3. The average Bonchev–Trinajstić information content (AvgIpc) is 3.24. The Balaban J connectivity index is 1.19. The lowest BCUT2D eigenvalue weighted by molar-refractivity contribution is 0.244. The summed E-state index contributed by atoms with van der Waals surface area (Å²) in [6.45, 7) is 6.34. The molecule has 0 radical (unpaired) electrons. The molecule has 5 rings (SSSR count). The van der Waals surface area contributed by atoms with Gasteiger partial charge in [0.05, 0.1) is 19.4 Å². The third kappa shape index (κ3) is 3.83. The van der Waals surface area contributed by atoms with E-state index in [4.69, 9.17) is 9.47 Å². The number of fused-ring (bicyclic) bond motifs is 2. The van der Waals surface area contributed by atoms with Gasteiger partial charge in [0.2, 0.25) is 0 Å². The van der Waals surface area contributed by atoms with Crippen LogP contribution in [0.2, 0.25) is 0 Å². The van der Waals surface area contributed by atoms with Gasteiger partial charge in [0.1, 0.15) is 11.5 Å².